The predicted molar refractivity (Wildman–Crippen MR) is 36.6 cm³/mol. The quantitative estimate of drug-likeness (QED) is 0.436. The molecule has 0 saturated heterocycles. The lowest BCUT2D eigenvalue weighted by atomic mass is 10.8. The van der Waals surface area contributed by atoms with E-state index in [9.17, 15) is 0 Å². The van der Waals surface area contributed by atoms with Crippen molar-refractivity contribution in [2.24, 2.45) is 0 Å². The van der Waals surface area contributed by atoms with Crippen molar-refractivity contribution in [1.82, 2.24) is 5.09 Å². The molecule has 0 aliphatic carbocycles. The van der Waals surface area contributed by atoms with E-state index in [0.717, 1.165) is 15.3 Å². The highest BCUT2D eigenvalue weighted by molar-refractivity contribution is 7.47. The van der Waals surface area contributed by atoms with Crippen LogP contribution in [0.1, 0.15) is 6.92 Å². The molecule has 38 valence electrons. The largest absolute Gasteiger partial charge is 0.298 e. The van der Waals surface area contributed by atoms with Gasteiger partial charge in [-0.3, -0.25) is 5.09 Å². The molecule has 3 heteroatoms. The van der Waals surface area contributed by atoms with E-state index in [1.807, 2.05) is 0 Å². The Morgan fingerprint density at radius 3 is 2.67 bits per heavy atom. The van der Waals surface area contributed by atoms with E-state index in [4.69, 9.17) is 0 Å². The fraction of sp³-hybridized carbons (Fsp3) is 1.00. The Morgan fingerprint density at radius 2 is 2.50 bits per heavy atom. The Morgan fingerprint density at radius 1 is 1.83 bits per heavy atom. The molecule has 0 aliphatic heterocycles. The summed E-state index contributed by atoms with van der Waals surface area (Å²) in [5, 5.41) is 3.20. The first-order valence-corrected chi connectivity index (χ1v) is 4.10. The van der Waals surface area contributed by atoms with Gasteiger partial charge in [-0.05, 0) is 12.4 Å². The van der Waals surface area contributed by atoms with Crippen LogP contribution in [-0.2, 0) is 0 Å². The third-order valence-electron chi connectivity index (χ3n) is 0.404. The van der Waals surface area contributed by atoms with Crippen LogP contribution in [0, 0.1) is 0 Å². The first kappa shape index (κ1) is 6.82. The summed E-state index contributed by atoms with van der Waals surface area (Å²) in [7, 11) is 3.61. The average Bonchev–Trinajstić information content (AvgIpc) is 1.61. The van der Waals surface area contributed by atoms with Crippen LogP contribution < -0.4 is 5.09 Å². The molecule has 1 nitrogen and oxygen atoms in total. The van der Waals surface area contributed by atoms with Crippen molar-refractivity contribution in [1.29, 1.82) is 0 Å². The normalized spacial score (nSPS) is 11.0. The fourth-order valence-corrected chi connectivity index (χ4v) is 1.02. The van der Waals surface area contributed by atoms with Crippen molar-refractivity contribution < 1.29 is 0 Å². The van der Waals surface area contributed by atoms with Crippen LogP contribution >= 0.6 is 18.0 Å². The highest BCUT2D eigenvalue weighted by atomic mass is 31.1. The lowest BCUT2D eigenvalue weighted by Gasteiger charge is -1.91. The molecular formula is C3H11NP2. The molecule has 0 spiro atoms. The standard InChI is InChI=1S/C3H11NP2/c1-2-4-6-3-5/h4,6H,2-3,5H2,1H3. The maximum Gasteiger partial charge on any atom is -0.00405 e. The molecule has 6 heavy (non-hydrogen) atoms. The molecule has 0 aliphatic rings. The molecule has 0 aromatic heterocycles. The van der Waals surface area contributed by atoms with Gasteiger partial charge in [0.2, 0.25) is 0 Å². The van der Waals surface area contributed by atoms with Crippen LogP contribution in [0.4, 0.5) is 0 Å². The van der Waals surface area contributed by atoms with Crippen molar-refractivity contribution >= 4 is 18.0 Å². The molecule has 0 aromatic carbocycles. The topological polar surface area (TPSA) is 12.0 Å². The van der Waals surface area contributed by atoms with Crippen LogP contribution in [0.25, 0.3) is 0 Å². The van der Waals surface area contributed by atoms with Gasteiger partial charge in [-0.15, -0.1) is 9.24 Å². The SMILES string of the molecule is CCNPCP. The molecular weight excluding hydrogens is 112 g/mol. The minimum Gasteiger partial charge on any atom is -0.298 e. The number of rotatable bonds is 3. The van der Waals surface area contributed by atoms with Crippen molar-refractivity contribution in [2.75, 3.05) is 12.4 Å². The maximum absolute atomic E-state index is 3.20. The Bertz CT molecular complexity index is 20.8. The number of hydrogen-bond acceptors (Lipinski definition) is 1. The number of nitrogens with one attached hydrogen (secondary N) is 1. The Kier molecular flexibility index (Phi) is 6.62. The lowest BCUT2D eigenvalue weighted by molar-refractivity contribution is 1.03. The molecule has 0 radical (unpaired) electrons. The van der Waals surface area contributed by atoms with E-state index in [2.05, 4.69) is 21.3 Å². The van der Waals surface area contributed by atoms with Gasteiger partial charge < -0.3 is 0 Å². The van der Waals surface area contributed by atoms with Gasteiger partial charge in [0.05, 0.1) is 0 Å². The highest BCUT2D eigenvalue weighted by Crippen LogP contribution is 2.04. The summed E-state index contributed by atoms with van der Waals surface area (Å²) in [5.74, 6) is 1.19. The smallest absolute Gasteiger partial charge is 0.00405 e. The van der Waals surface area contributed by atoms with E-state index < -0.39 is 0 Å². The lowest BCUT2D eigenvalue weighted by Crippen LogP contribution is -1.96. The zero-order valence-electron chi connectivity index (χ0n) is 3.99. The first-order chi connectivity index (χ1) is 2.91. The van der Waals surface area contributed by atoms with E-state index in [1.54, 1.807) is 0 Å². The van der Waals surface area contributed by atoms with Crippen LogP contribution in [0.3, 0.4) is 0 Å². The molecule has 1 N–H and O–H groups in total. The average molecular weight is 123 g/mol. The van der Waals surface area contributed by atoms with Gasteiger partial charge in [0.15, 0.2) is 0 Å². The second-order valence-electron chi connectivity index (χ2n) is 0.911. The maximum atomic E-state index is 3.20. The number of hydrogen-bond donors (Lipinski definition) is 1. The van der Waals surface area contributed by atoms with Crippen molar-refractivity contribution in [2.45, 2.75) is 6.92 Å². The van der Waals surface area contributed by atoms with Gasteiger partial charge in [-0.25, -0.2) is 0 Å². The van der Waals surface area contributed by atoms with E-state index in [0.29, 0.717) is 0 Å². The highest BCUT2D eigenvalue weighted by Gasteiger charge is 1.70. The molecule has 0 aromatic rings. The third-order valence-corrected chi connectivity index (χ3v) is 1.82. The van der Waals surface area contributed by atoms with Crippen LogP contribution in [-0.4, -0.2) is 12.4 Å². The molecule has 2 unspecified atom stereocenters. The zero-order valence-corrected chi connectivity index (χ0v) is 6.15. The van der Waals surface area contributed by atoms with E-state index in [1.165, 1.54) is 5.90 Å². The second kappa shape index (κ2) is 5.82. The molecule has 0 bridgehead atoms. The van der Waals surface area contributed by atoms with Crippen molar-refractivity contribution in [3.8, 4) is 0 Å². The summed E-state index contributed by atoms with van der Waals surface area (Å²) in [6.45, 7) is 3.22. The summed E-state index contributed by atoms with van der Waals surface area (Å²) in [4.78, 5) is 0. The minimum atomic E-state index is 0.928. The van der Waals surface area contributed by atoms with Crippen LogP contribution in [0.2, 0.25) is 0 Å². The molecule has 0 fully saturated rings. The monoisotopic (exact) mass is 123 g/mol. The van der Waals surface area contributed by atoms with Gasteiger partial charge in [0.25, 0.3) is 0 Å². The van der Waals surface area contributed by atoms with Gasteiger partial charge in [-0.1, -0.05) is 15.7 Å². The summed E-state index contributed by atoms with van der Waals surface area (Å²) in [5.41, 5.74) is 0. The Hall–Kier alpha value is 0.820. The van der Waals surface area contributed by atoms with Crippen LogP contribution in [0.5, 0.6) is 0 Å². The molecule has 0 saturated carbocycles. The summed E-state index contributed by atoms with van der Waals surface area (Å²) in [6.07, 6.45) is 0. The van der Waals surface area contributed by atoms with Crippen molar-refractivity contribution in [3.05, 3.63) is 0 Å². The van der Waals surface area contributed by atoms with Gasteiger partial charge >= 0.3 is 0 Å². The van der Waals surface area contributed by atoms with Crippen molar-refractivity contribution in [3.63, 3.8) is 0 Å². The Labute approximate surface area is 43.3 Å². The molecule has 0 amide bonds. The summed E-state index contributed by atoms with van der Waals surface area (Å²) < 4.78 is 0. The third kappa shape index (κ3) is 4.82. The van der Waals surface area contributed by atoms with E-state index in [-0.39, 0.29) is 0 Å². The Balaban J connectivity index is 2.34. The second-order valence-corrected chi connectivity index (χ2v) is 3.25. The minimum absolute atomic E-state index is 0.928. The molecule has 0 heterocycles. The molecule has 0 rings (SSSR count). The fourth-order valence-electron chi connectivity index (χ4n) is 0.197. The van der Waals surface area contributed by atoms with Gasteiger partial charge in [0.1, 0.15) is 0 Å². The molecule has 2 atom stereocenters. The van der Waals surface area contributed by atoms with Crippen LogP contribution in [0.15, 0.2) is 0 Å². The van der Waals surface area contributed by atoms with Gasteiger partial charge in [0, 0.05) is 0 Å². The summed E-state index contributed by atoms with van der Waals surface area (Å²) >= 11 is 0. The van der Waals surface area contributed by atoms with E-state index >= 15 is 0 Å². The first-order valence-electron chi connectivity index (χ1n) is 2.07. The van der Waals surface area contributed by atoms with Gasteiger partial charge in [-0.2, -0.15) is 0 Å². The zero-order chi connectivity index (χ0) is 4.83. The summed E-state index contributed by atoms with van der Waals surface area (Å²) in [6, 6.07) is 0. The predicted octanol–water partition coefficient (Wildman–Crippen LogP) is 1.02.